The second kappa shape index (κ2) is 4.34. The highest BCUT2D eigenvalue weighted by Gasteiger charge is 2.24. The minimum Gasteiger partial charge on any atom is -0.291 e. The van der Waals surface area contributed by atoms with Gasteiger partial charge >= 0.3 is 0 Å². The minimum absolute atomic E-state index is 0.0366. The van der Waals surface area contributed by atoms with Crippen molar-refractivity contribution >= 4 is 17.1 Å². The maximum absolute atomic E-state index is 11.8. The van der Waals surface area contributed by atoms with E-state index in [9.17, 15) is 4.79 Å². The number of nitrogens with zero attached hydrogens (tertiary/aromatic N) is 2. The van der Waals surface area contributed by atoms with Crippen molar-refractivity contribution in [1.82, 2.24) is 4.98 Å². The van der Waals surface area contributed by atoms with Gasteiger partial charge < -0.3 is 0 Å². The van der Waals surface area contributed by atoms with Gasteiger partial charge in [-0.2, -0.15) is 5.26 Å². The van der Waals surface area contributed by atoms with Gasteiger partial charge in [0.2, 0.25) is 0 Å². The summed E-state index contributed by atoms with van der Waals surface area (Å²) in [6.07, 6.45) is 0. The predicted octanol–water partition coefficient (Wildman–Crippen LogP) is 2.43. The van der Waals surface area contributed by atoms with Crippen LogP contribution in [0.15, 0.2) is 5.38 Å². The Balaban J connectivity index is 2.90. The summed E-state index contributed by atoms with van der Waals surface area (Å²) in [6.45, 7) is 5.58. The Morgan fingerprint density at radius 3 is 2.64 bits per heavy atom. The van der Waals surface area contributed by atoms with Crippen LogP contribution in [0.3, 0.4) is 0 Å². The summed E-state index contributed by atoms with van der Waals surface area (Å²) >= 11 is 1.43. The van der Waals surface area contributed by atoms with Gasteiger partial charge in [-0.3, -0.25) is 4.79 Å². The maximum atomic E-state index is 11.8. The number of thiazole rings is 1. The molecule has 0 aliphatic rings. The SMILES string of the molecule is Cc1nc(C(=O)C(C#N)C(C)C)cs1. The van der Waals surface area contributed by atoms with Gasteiger partial charge in [0.05, 0.1) is 11.1 Å². The molecule has 1 rings (SSSR count). The molecule has 0 spiro atoms. The van der Waals surface area contributed by atoms with E-state index in [4.69, 9.17) is 5.26 Å². The fourth-order valence-electron chi connectivity index (χ4n) is 1.15. The Morgan fingerprint density at radius 2 is 2.29 bits per heavy atom. The first-order chi connectivity index (χ1) is 6.56. The van der Waals surface area contributed by atoms with E-state index in [1.807, 2.05) is 26.8 Å². The molecule has 0 N–H and O–H groups in total. The Labute approximate surface area is 87.4 Å². The van der Waals surface area contributed by atoms with Crippen molar-refractivity contribution < 1.29 is 4.79 Å². The number of rotatable bonds is 3. The van der Waals surface area contributed by atoms with E-state index in [0.717, 1.165) is 5.01 Å². The molecule has 0 aliphatic carbocycles. The van der Waals surface area contributed by atoms with Crippen LogP contribution in [-0.4, -0.2) is 10.8 Å². The van der Waals surface area contributed by atoms with Crippen LogP contribution in [0.25, 0.3) is 0 Å². The normalized spacial score (nSPS) is 12.5. The second-order valence-electron chi connectivity index (χ2n) is 3.47. The van der Waals surface area contributed by atoms with Crippen LogP contribution in [-0.2, 0) is 0 Å². The molecule has 1 heterocycles. The Bertz CT molecular complexity index is 376. The molecule has 0 saturated carbocycles. The Hall–Kier alpha value is -1.21. The smallest absolute Gasteiger partial charge is 0.199 e. The van der Waals surface area contributed by atoms with Crippen molar-refractivity contribution in [2.24, 2.45) is 11.8 Å². The molecule has 4 heteroatoms. The standard InChI is InChI=1S/C10H12N2OS/c1-6(2)8(4-11)10(13)9-5-14-7(3)12-9/h5-6,8H,1-3H3. The lowest BCUT2D eigenvalue weighted by molar-refractivity contribution is 0.0920. The van der Waals surface area contributed by atoms with Crippen molar-refractivity contribution in [3.05, 3.63) is 16.1 Å². The van der Waals surface area contributed by atoms with E-state index in [1.165, 1.54) is 11.3 Å². The number of carbonyl (C=O) groups is 1. The fraction of sp³-hybridized carbons (Fsp3) is 0.500. The molecule has 0 bridgehead atoms. The van der Waals surface area contributed by atoms with Crippen molar-refractivity contribution in [2.45, 2.75) is 20.8 Å². The molecule has 14 heavy (non-hydrogen) atoms. The van der Waals surface area contributed by atoms with E-state index < -0.39 is 5.92 Å². The third kappa shape index (κ3) is 2.18. The van der Waals surface area contributed by atoms with E-state index in [-0.39, 0.29) is 11.7 Å². The number of nitriles is 1. The van der Waals surface area contributed by atoms with Crippen molar-refractivity contribution in [1.29, 1.82) is 5.26 Å². The van der Waals surface area contributed by atoms with E-state index >= 15 is 0 Å². The number of hydrogen-bond donors (Lipinski definition) is 0. The molecule has 0 radical (unpaired) electrons. The average molecular weight is 208 g/mol. The Morgan fingerprint density at radius 1 is 1.64 bits per heavy atom. The third-order valence-electron chi connectivity index (χ3n) is 1.96. The lowest BCUT2D eigenvalue weighted by Gasteiger charge is -2.09. The molecule has 3 nitrogen and oxygen atoms in total. The largest absolute Gasteiger partial charge is 0.291 e. The summed E-state index contributed by atoms with van der Waals surface area (Å²) in [4.78, 5) is 15.8. The highest BCUT2D eigenvalue weighted by Crippen LogP contribution is 2.18. The van der Waals surface area contributed by atoms with Crippen LogP contribution in [0, 0.1) is 30.1 Å². The number of Topliss-reactive ketones (excluding diaryl/α,β-unsaturated/α-hetero) is 1. The zero-order chi connectivity index (χ0) is 10.7. The monoisotopic (exact) mass is 208 g/mol. The number of aryl methyl sites for hydroxylation is 1. The van der Waals surface area contributed by atoms with Crippen LogP contribution in [0.5, 0.6) is 0 Å². The summed E-state index contributed by atoms with van der Waals surface area (Å²) in [6, 6.07) is 2.02. The zero-order valence-electron chi connectivity index (χ0n) is 8.44. The summed E-state index contributed by atoms with van der Waals surface area (Å²) in [5.74, 6) is -0.696. The molecule has 1 aromatic heterocycles. The maximum Gasteiger partial charge on any atom is 0.199 e. The van der Waals surface area contributed by atoms with Gasteiger partial charge in [0, 0.05) is 5.38 Å². The molecule has 0 aliphatic heterocycles. The van der Waals surface area contributed by atoms with Crippen molar-refractivity contribution in [2.75, 3.05) is 0 Å². The third-order valence-corrected chi connectivity index (χ3v) is 2.73. The summed E-state index contributed by atoms with van der Waals surface area (Å²) in [5.41, 5.74) is 0.424. The molecule has 0 aromatic carbocycles. The first kappa shape index (κ1) is 10.9. The lowest BCUT2D eigenvalue weighted by Crippen LogP contribution is -2.18. The highest BCUT2D eigenvalue weighted by molar-refractivity contribution is 7.09. The van der Waals surface area contributed by atoms with Crippen LogP contribution in [0.2, 0.25) is 0 Å². The minimum atomic E-state index is -0.573. The van der Waals surface area contributed by atoms with Crippen LogP contribution >= 0.6 is 11.3 Å². The van der Waals surface area contributed by atoms with Crippen molar-refractivity contribution in [3.63, 3.8) is 0 Å². The predicted molar refractivity (Wildman–Crippen MR) is 55.1 cm³/mol. The van der Waals surface area contributed by atoms with E-state index in [2.05, 4.69) is 4.98 Å². The molecule has 1 unspecified atom stereocenters. The first-order valence-electron chi connectivity index (χ1n) is 4.42. The average Bonchev–Trinajstić information content (AvgIpc) is 2.52. The number of carbonyl (C=O) groups excluding carboxylic acids is 1. The van der Waals surface area contributed by atoms with Gasteiger partial charge in [0.15, 0.2) is 5.78 Å². The zero-order valence-corrected chi connectivity index (χ0v) is 9.26. The summed E-state index contributed by atoms with van der Waals surface area (Å²) in [7, 11) is 0. The number of aromatic nitrogens is 1. The fourth-order valence-corrected chi connectivity index (χ4v) is 1.75. The molecular weight excluding hydrogens is 196 g/mol. The Kier molecular flexibility index (Phi) is 3.37. The highest BCUT2D eigenvalue weighted by atomic mass is 32.1. The van der Waals surface area contributed by atoms with Gasteiger partial charge in [-0.05, 0) is 12.8 Å². The number of hydrogen-bond acceptors (Lipinski definition) is 4. The topological polar surface area (TPSA) is 53.8 Å². The van der Waals surface area contributed by atoms with Gasteiger partial charge in [0.1, 0.15) is 11.6 Å². The molecule has 1 atom stereocenters. The van der Waals surface area contributed by atoms with Gasteiger partial charge in [-0.25, -0.2) is 4.98 Å². The van der Waals surface area contributed by atoms with Crippen LogP contribution < -0.4 is 0 Å². The van der Waals surface area contributed by atoms with Gasteiger partial charge in [0.25, 0.3) is 0 Å². The van der Waals surface area contributed by atoms with E-state index in [1.54, 1.807) is 5.38 Å². The molecule has 0 amide bonds. The molecule has 1 aromatic rings. The van der Waals surface area contributed by atoms with Crippen LogP contribution in [0.1, 0.15) is 29.3 Å². The van der Waals surface area contributed by atoms with Gasteiger partial charge in [-0.15, -0.1) is 11.3 Å². The quantitative estimate of drug-likeness (QED) is 0.717. The summed E-state index contributed by atoms with van der Waals surface area (Å²) in [5, 5.41) is 11.4. The van der Waals surface area contributed by atoms with E-state index in [0.29, 0.717) is 5.69 Å². The van der Waals surface area contributed by atoms with Crippen LogP contribution in [0.4, 0.5) is 0 Å². The molecule has 0 saturated heterocycles. The van der Waals surface area contributed by atoms with Gasteiger partial charge in [-0.1, -0.05) is 13.8 Å². The number of ketones is 1. The molecule has 0 fully saturated rings. The summed E-state index contributed by atoms with van der Waals surface area (Å²) < 4.78 is 0. The lowest BCUT2D eigenvalue weighted by atomic mass is 9.92. The molecule has 74 valence electrons. The van der Waals surface area contributed by atoms with Crippen molar-refractivity contribution in [3.8, 4) is 6.07 Å². The second-order valence-corrected chi connectivity index (χ2v) is 4.53. The molecular formula is C10H12N2OS. The first-order valence-corrected chi connectivity index (χ1v) is 5.30.